The van der Waals surface area contributed by atoms with Gasteiger partial charge in [0.15, 0.2) is 0 Å². The molecule has 0 aromatic carbocycles. The fraction of sp³-hybridized carbons (Fsp3) is 0.786. The zero-order valence-corrected chi connectivity index (χ0v) is 12.8. The number of imide groups is 1. The van der Waals surface area contributed by atoms with Crippen LogP contribution in [-0.2, 0) is 9.59 Å². The van der Waals surface area contributed by atoms with Crippen molar-refractivity contribution in [3.8, 4) is 0 Å². The van der Waals surface area contributed by atoms with Crippen molar-refractivity contribution in [2.75, 3.05) is 13.1 Å². The van der Waals surface area contributed by atoms with Gasteiger partial charge in [0.1, 0.15) is 18.6 Å². The number of hydrogen-bond donors (Lipinski definition) is 2. The average Bonchev–Trinajstić information content (AvgIpc) is 2.70. The first kappa shape index (κ1) is 17.6. The molecule has 2 aliphatic rings. The van der Waals surface area contributed by atoms with Crippen molar-refractivity contribution in [2.45, 2.75) is 50.7 Å². The van der Waals surface area contributed by atoms with E-state index in [0.717, 1.165) is 32.1 Å². The first-order valence-electron chi connectivity index (χ1n) is 7.61. The van der Waals surface area contributed by atoms with Crippen LogP contribution in [0.3, 0.4) is 0 Å². The van der Waals surface area contributed by atoms with E-state index in [1.165, 1.54) is 0 Å². The molecule has 9 heteroatoms. The van der Waals surface area contributed by atoms with Crippen LogP contribution in [0.1, 0.15) is 39.0 Å². The molecule has 2 fully saturated rings. The minimum Gasteiger partial charge on any atom is -0.345 e. The molecule has 6 nitrogen and oxygen atoms in total. The van der Waals surface area contributed by atoms with Crippen LogP contribution < -0.4 is 10.6 Å². The number of hydrogen-bond acceptors (Lipinski definition) is 3. The predicted octanol–water partition coefficient (Wildman–Crippen LogP) is 1.56. The maximum absolute atomic E-state index is 12.5. The van der Waals surface area contributed by atoms with Gasteiger partial charge in [-0.15, -0.1) is 0 Å². The number of carbonyl (C=O) groups excluding carboxylic acids is 3. The van der Waals surface area contributed by atoms with Crippen molar-refractivity contribution in [3.63, 3.8) is 0 Å². The van der Waals surface area contributed by atoms with E-state index in [1.807, 2.05) is 0 Å². The second-order valence-electron chi connectivity index (χ2n) is 6.25. The molecule has 1 aliphatic carbocycles. The van der Waals surface area contributed by atoms with Gasteiger partial charge in [-0.25, -0.2) is 4.79 Å². The van der Waals surface area contributed by atoms with Crippen molar-refractivity contribution >= 4 is 17.8 Å². The normalized spacial score (nSPS) is 26.3. The van der Waals surface area contributed by atoms with E-state index >= 15 is 0 Å². The molecule has 1 heterocycles. The summed E-state index contributed by atoms with van der Waals surface area (Å²) in [7, 11) is 0. The molecule has 0 spiro atoms. The maximum Gasteiger partial charge on any atom is 0.405 e. The molecule has 0 bridgehead atoms. The standard InChI is InChI=1S/C14H20F3N3O3/c1-13(9-5-3-2-4-6-9)11(22)20(12(23)19-13)7-10(21)18-8-14(15,16)17/h9H,2-8H2,1H3,(H,18,21)(H,19,23)/t13-/m1/s1. The molecule has 0 radical (unpaired) electrons. The van der Waals surface area contributed by atoms with Gasteiger partial charge in [0, 0.05) is 0 Å². The third-order valence-corrected chi connectivity index (χ3v) is 4.51. The fourth-order valence-corrected chi connectivity index (χ4v) is 3.21. The van der Waals surface area contributed by atoms with E-state index in [1.54, 1.807) is 12.2 Å². The highest BCUT2D eigenvalue weighted by molar-refractivity contribution is 6.09. The molecule has 1 saturated carbocycles. The maximum atomic E-state index is 12.5. The third-order valence-electron chi connectivity index (χ3n) is 4.51. The summed E-state index contributed by atoms with van der Waals surface area (Å²) in [6, 6.07) is -0.731. The van der Waals surface area contributed by atoms with Crippen LogP contribution in [0.5, 0.6) is 0 Å². The quantitative estimate of drug-likeness (QED) is 0.765. The van der Waals surface area contributed by atoms with Crippen molar-refractivity contribution in [3.05, 3.63) is 0 Å². The zero-order chi connectivity index (χ0) is 17.3. The Morgan fingerprint density at radius 2 is 1.91 bits per heavy atom. The molecular formula is C14H20F3N3O3. The van der Waals surface area contributed by atoms with E-state index < -0.39 is 42.7 Å². The van der Waals surface area contributed by atoms with Gasteiger partial charge in [0.25, 0.3) is 5.91 Å². The Morgan fingerprint density at radius 1 is 1.30 bits per heavy atom. The molecule has 2 N–H and O–H groups in total. The number of urea groups is 1. The molecule has 23 heavy (non-hydrogen) atoms. The molecule has 1 saturated heterocycles. The van der Waals surface area contributed by atoms with Crippen LogP contribution in [0.2, 0.25) is 0 Å². The van der Waals surface area contributed by atoms with Gasteiger partial charge in [-0.05, 0) is 25.7 Å². The molecule has 2 rings (SSSR count). The minimum atomic E-state index is -4.54. The average molecular weight is 335 g/mol. The van der Waals surface area contributed by atoms with Gasteiger partial charge in [-0.2, -0.15) is 13.2 Å². The summed E-state index contributed by atoms with van der Waals surface area (Å²) in [6.07, 6.45) is 0.0834. The number of carbonyl (C=O) groups is 3. The highest BCUT2D eigenvalue weighted by atomic mass is 19.4. The summed E-state index contributed by atoms with van der Waals surface area (Å²) in [5.74, 6) is -1.58. The number of halogens is 3. The number of rotatable bonds is 4. The predicted molar refractivity (Wildman–Crippen MR) is 74.3 cm³/mol. The molecule has 130 valence electrons. The highest BCUT2D eigenvalue weighted by Gasteiger charge is 2.52. The summed E-state index contributed by atoms with van der Waals surface area (Å²) < 4.78 is 36.2. The summed E-state index contributed by atoms with van der Waals surface area (Å²) in [5, 5.41) is 4.27. The monoisotopic (exact) mass is 335 g/mol. The molecule has 1 aliphatic heterocycles. The van der Waals surface area contributed by atoms with Crippen molar-refractivity contribution in [1.29, 1.82) is 0 Å². The number of nitrogens with zero attached hydrogens (tertiary/aromatic N) is 1. The largest absolute Gasteiger partial charge is 0.405 e. The van der Waals surface area contributed by atoms with Gasteiger partial charge in [-0.1, -0.05) is 19.3 Å². The molecule has 0 aromatic rings. The number of amides is 4. The first-order chi connectivity index (χ1) is 10.6. The summed E-state index contributed by atoms with van der Waals surface area (Å²) >= 11 is 0. The Morgan fingerprint density at radius 3 is 2.48 bits per heavy atom. The van der Waals surface area contributed by atoms with E-state index in [-0.39, 0.29) is 5.92 Å². The lowest BCUT2D eigenvalue weighted by atomic mass is 9.75. The van der Waals surface area contributed by atoms with Crippen LogP contribution in [-0.4, -0.2) is 47.6 Å². The molecule has 4 amide bonds. The summed E-state index contributed by atoms with van der Waals surface area (Å²) in [5.41, 5.74) is -1.08. The van der Waals surface area contributed by atoms with Gasteiger partial charge in [0.05, 0.1) is 0 Å². The molecule has 1 atom stereocenters. The fourth-order valence-electron chi connectivity index (χ4n) is 3.21. The Kier molecular flexibility index (Phi) is 4.86. The second-order valence-corrected chi connectivity index (χ2v) is 6.25. The molecule has 0 aromatic heterocycles. The van der Waals surface area contributed by atoms with E-state index in [2.05, 4.69) is 5.32 Å². The summed E-state index contributed by atoms with van der Waals surface area (Å²) in [4.78, 5) is 36.7. The van der Waals surface area contributed by atoms with Gasteiger partial charge in [-0.3, -0.25) is 14.5 Å². The summed E-state index contributed by atoms with van der Waals surface area (Å²) in [6.45, 7) is -0.574. The van der Waals surface area contributed by atoms with Crippen molar-refractivity contribution < 1.29 is 27.6 Å². The topological polar surface area (TPSA) is 78.5 Å². The lowest BCUT2D eigenvalue weighted by Crippen LogP contribution is -2.51. The lowest BCUT2D eigenvalue weighted by Gasteiger charge is -2.34. The first-order valence-corrected chi connectivity index (χ1v) is 7.61. The minimum absolute atomic E-state index is 0.0177. The highest BCUT2D eigenvalue weighted by Crippen LogP contribution is 2.36. The van der Waals surface area contributed by atoms with Gasteiger partial charge in [0.2, 0.25) is 5.91 Å². The Balaban J connectivity index is 1.99. The van der Waals surface area contributed by atoms with Crippen molar-refractivity contribution in [2.24, 2.45) is 5.92 Å². The molecule has 0 unspecified atom stereocenters. The van der Waals surface area contributed by atoms with Gasteiger partial charge < -0.3 is 10.6 Å². The molecular weight excluding hydrogens is 315 g/mol. The second kappa shape index (κ2) is 6.37. The lowest BCUT2D eigenvalue weighted by molar-refractivity contribution is -0.141. The van der Waals surface area contributed by atoms with Crippen LogP contribution in [0.4, 0.5) is 18.0 Å². The Bertz CT molecular complexity index is 503. The third kappa shape index (κ3) is 3.94. The van der Waals surface area contributed by atoms with Crippen LogP contribution in [0, 0.1) is 5.92 Å². The van der Waals surface area contributed by atoms with Crippen LogP contribution in [0.15, 0.2) is 0 Å². The number of nitrogens with one attached hydrogen (secondary N) is 2. The smallest absolute Gasteiger partial charge is 0.345 e. The van der Waals surface area contributed by atoms with E-state index in [0.29, 0.717) is 4.90 Å². The zero-order valence-electron chi connectivity index (χ0n) is 12.8. The van der Waals surface area contributed by atoms with Gasteiger partial charge >= 0.3 is 12.2 Å². The van der Waals surface area contributed by atoms with Crippen LogP contribution in [0.25, 0.3) is 0 Å². The van der Waals surface area contributed by atoms with Crippen LogP contribution >= 0.6 is 0 Å². The van der Waals surface area contributed by atoms with Crippen molar-refractivity contribution in [1.82, 2.24) is 15.5 Å². The number of alkyl halides is 3. The Labute approximate surface area is 131 Å². The Hall–Kier alpha value is -1.80. The SMILES string of the molecule is C[C@]1(C2CCCCC2)NC(=O)N(CC(=O)NCC(F)(F)F)C1=O. The van der Waals surface area contributed by atoms with E-state index in [9.17, 15) is 27.6 Å². The van der Waals surface area contributed by atoms with E-state index in [4.69, 9.17) is 0 Å².